The van der Waals surface area contributed by atoms with E-state index in [1.54, 1.807) is 0 Å². The Morgan fingerprint density at radius 3 is 2.40 bits per heavy atom. The van der Waals surface area contributed by atoms with Gasteiger partial charge >= 0.3 is 0 Å². The quantitative estimate of drug-likeness (QED) is 0.742. The zero-order chi connectivity index (χ0) is 11.4. The maximum absolute atomic E-state index is 5.73. The van der Waals surface area contributed by atoms with E-state index in [9.17, 15) is 0 Å². The Labute approximate surface area is 100 Å². The second-order valence-electron chi connectivity index (χ2n) is 3.80. The second-order valence-corrected chi connectivity index (χ2v) is 5.18. The van der Waals surface area contributed by atoms with Gasteiger partial charge in [-0.05, 0) is 32.4 Å². The number of allylic oxidation sites excluding steroid dienone is 1. The summed E-state index contributed by atoms with van der Waals surface area (Å²) in [4.78, 5) is 0.259. The van der Waals surface area contributed by atoms with Gasteiger partial charge in [0, 0.05) is 10.4 Å². The molecule has 1 rings (SSSR count). The third kappa shape index (κ3) is 3.38. The van der Waals surface area contributed by atoms with Gasteiger partial charge in [0.15, 0.2) is 0 Å². The first-order chi connectivity index (χ1) is 7.02. The minimum Gasteiger partial charge on any atom is -0.490 e. The summed E-state index contributed by atoms with van der Waals surface area (Å²) in [6.45, 7) is 10.2. The lowest BCUT2D eigenvalue weighted by Gasteiger charge is -2.16. The Kier molecular flexibility index (Phi) is 4.40. The fraction of sp³-hybridized carbons (Fsp3) is 0.385. The number of ether oxygens (including phenoxy) is 1. The van der Waals surface area contributed by atoms with Crippen molar-refractivity contribution >= 4 is 21.5 Å². The Hall–Kier alpha value is -0.760. The summed E-state index contributed by atoms with van der Waals surface area (Å²) >= 11 is 3.52. The van der Waals surface area contributed by atoms with Crippen LogP contribution in [-0.4, -0.2) is 10.9 Å². The molecule has 0 fully saturated rings. The van der Waals surface area contributed by atoms with E-state index in [0.717, 1.165) is 16.9 Å². The molecule has 1 aromatic rings. The van der Waals surface area contributed by atoms with Crippen molar-refractivity contribution < 1.29 is 4.74 Å². The highest BCUT2D eigenvalue weighted by molar-refractivity contribution is 9.09. The Morgan fingerprint density at radius 2 is 1.87 bits per heavy atom. The number of para-hydroxylation sites is 1. The van der Waals surface area contributed by atoms with Gasteiger partial charge in [0.05, 0.1) is 6.10 Å². The predicted molar refractivity (Wildman–Crippen MR) is 69.6 cm³/mol. The number of alkyl halides is 1. The Morgan fingerprint density at radius 1 is 1.27 bits per heavy atom. The van der Waals surface area contributed by atoms with Gasteiger partial charge in [-0.25, -0.2) is 0 Å². The maximum atomic E-state index is 5.73. The summed E-state index contributed by atoms with van der Waals surface area (Å²) in [5, 5.41) is 0. The largest absolute Gasteiger partial charge is 0.490 e. The molecule has 2 heteroatoms. The third-order valence-electron chi connectivity index (χ3n) is 2.08. The first-order valence-electron chi connectivity index (χ1n) is 5.11. The van der Waals surface area contributed by atoms with Crippen LogP contribution in [0.2, 0.25) is 0 Å². The van der Waals surface area contributed by atoms with Crippen LogP contribution in [0.3, 0.4) is 0 Å². The molecule has 0 radical (unpaired) electrons. The van der Waals surface area contributed by atoms with Crippen LogP contribution in [0.5, 0.6) is 5.75 Å². The van der Waals surface area contributed by atoms with E-state index in [4.69, 9.17) is 4.74 Å². The SMILES string of the molecule is C=C(c1ccccc1OC(C)C)C(C)Br. The molecule has 0 bridgehead atoms. The first-order valence-corrected chi connectivity index (χ1v) is 6.03. The molecule has 0 N–H and O–H groups in total. The van der Waals surface area contributed by atoms with Crippen LogP contribution in [0.25, 0.3) is 5.57 Å². The van der Waals surface area contributed by atoms with Gasteiger partial charge in [0.1, 0.15) is 5.75 Å². The molecule has 15 heavy (non-hydrogen) atoms. The van der Waals surface area contributed by atoms with Crippen LogP contribution < -0.4 is 4.74 Å². The van der Waals surface area contributed by atoms with Gasteiger partial charge in [-0.3, -0.25) is 0 Å². The number of benzene rings is 1. The first kappa shape index (κ1) is 12.3. The minimum absolute atomic E-state index is 0.185. The molecule has 1 unspecified atom stereocenters. The predicted octanol–water partition coefficient (Wildman–Crippen LogP) is 4.27. The normalized spacial score (nSPS) is 12.6. The van der Waals surface area contributed by atoms with Crippen molar-refractivity contribution in [1.29, 1.82) is 0 Å². The van der Waals surface area contributed by atoms with Gasteiger partial charge in [0.25, 0.3) is 0 Å². The smallest absolute Gasteiger partial charge is 0.127 e. The van der Waals surface area contributed by atoms with Crippen molar-refractivity contribution in [3.8, 4) is 5.75 Å². The second kappa shape index (κ2) is 5.36. The average Bonchev–Trinajstić information content (AvgIpc) is 2.16. The number of rotatable bonds is 4. The molecular weight excluding hydrogens is 252 g/mol. The zero-order valence-corrected chi connectivity index (χ0v) is 11.0. The van der Waals surface area contributed by atoms with Crippen molar-refractivity contribution in [2.24, 2.45) is 0 Å². The average molecular weight is 269 g/mol. The van der Waals surface area contributed by atoms with Gasteiger partial charge in [-0.1, -0.05) is 40.7 Å². The molecule has 0 heterocycles. The lowest BCUT2D eigenvalue weighted by Crippen LogP contribution is -2.08. The molecule has 0 aromatic heterocycles. The molecule has 1 atom stereocenters. The summed E-state index contributed by atoms with van der Waals surface area (Å²) < 4.78 is 5.73. The van der Waals surface area contributed by atoms with Crippen LogP contribution in [-0.2, 0) is 0 Å². The molecule has 0 aliphatic rings. The van der Waals surface area contributed by atoms with E-state index in [-0.39, 0.29) is 10.9 Å². The van der Waals surface area contributed by atoms with Gasteiger partial charge in [0.2, 0.25) is 0 Å². The minimum atomic E-state index is 0.185. The molecule has 0 spiro atoms. The van der Waals surface area contributed by atoms with Crippen LogP contribution in [0, 0.1) is 0 Å². The van der Waals surface area contributed by atoms with Crippen molar-refractivity contribution in [2.45, 2.75) is 31.7 Å². The van der Waals surface area contributed by atoms with E-state index >= 15 is 0 Å². The van der Waals surface area contributed by atoms with E-state index in [1.807, 2.05) is 38.1 Å². The lowest BCUT2D eigenvalue weighted by molar-refractivity contribution is 0.241. The molecule has 1 nitrogen and oxygen atoms in total. The van der Waals surface area contributed by atoms with Crippen LogP contribution >= 0.6 is 15.9 Å². The Balaban J connectivity index is 3.01. The molecule has 0 aliphatic carbocycles. The molecule has 0 saturated carbocycles. The zero-order valence-electron chi connectivity index (χ0n) is 9.46. The fourth-order valence-electron chi connectivity index (χ4n) is 1.30. The summed E-state index contributed by atoms with van der Waals surface area (Å²) in [5.74, 6) is 0.906. The van der Waals surface area contributed by atoms with Crippen molar-refractivity contribution in [1.82, 2.24) is 0 Å². The topological polar surface area (TPSA) is 9.23 Å². The lowest BCUT2D eigenvalue weighted by atomic mass is 10.0. The summed E-state index contributed by atoms with van der Waals surface area (Å²) in [5.41, 5.74) is 2.13. The highest BCUT2D eigenvalue weighted by Crippen LogP contribution is 2.30. The molecule has 0 saturated heterocycles. The third-order valence-corrected chi connectivity index (χ3v) is 2.63. The summed E-state index contributed by atoms with van der Waals surface area (Å²) in [6.07, 6.45) is 0.185. The van der Waals surface area contributed by atoms with Crippen molar-refractivity contribution in [3.05, 3.63) is 36.4 Å². The van der Waals surface area contributed by atoms with E-state index in [0.29, 0.717) is 0 Å². The summed E-state index contributed by atoms with van der Waals surface area (Å²) in [6, 6.07) is 8.00. The number of hydrogen-bond acceptors (Lipinski definition) is 1. The van der Waals surface area contributed by atoms with Crippen LogP contribution in [0.1, 0.15) is 26.3 Å². The van der Waals surface area contributed by atoms with E-state index in [1.165, 1.54) is 0 Å². The number of hydrogen-bond donors (Lipinski definition) is 0. The monoisotopic (exact) mass is 268 g/mol. The van der Waals surface area contributed by atoms with Gasteiger partial charge < -0.3 is 4.74 Å². The van der Waals surface area contributed by atoms with Gasteiger partial charge in [-0.2, -0.15) is 0 Å². The molecule has 0 amide bonds. The molecule has 82 valence electrons. The summed E-state index contributed by atoms with van der Waals surface area (Å²) in [7, 11) is 0. The molecular formula is C13H17BrO. The fourth-order valence-corrected chi connectivity index (χ4v) is 1.55. The van der Waals surface area contributed by atoms with E-state index < -0.39 is 0 Å². The van der Waals surface area contributed by atoms with Gasteiger partial charge in [-0.15, -0.1) is 0 Å². The molecule has 1 aromatic carbocycles. The van der Waals surface area contributed by atoms with Crippen molar-refractivity contribution in [2.75, 3.05) is 0 Å². The van der Waals surface area contributed by atoms with Crippen LogP contribution in [0.15, 0.2) is 30.8 Å². The maximum Gasteiger partial charge on any atom is 0.127 e. The highest BCUT2D eigenvalue weighted by Gasteiger charge is 2.11. The Bertz CT molecular complexity index is 342. The van der Waals surface area contributed by atoms with Crippen molar-refractivity contribution in [3.63, 3.8) is 0 Å². The number of halogens is 1. The standard InChI is InChI=1S/C13H17BrO/c1-9(2)15-13-8-6-5-7-12(13)10(3)11(4)14/h5-9,11H,3H2,1-2,4H3. The van der Waals surface area contributed by atoms with Crippen LogP contribution in [0.4, 0.5) is 0 Å². The van der Waals surface area contributed by atoms with E-state index in [2.05, 4.69) is 29.4 Å². The molecule has 0 aliphatic heterocycles. The highest BCUT2D eigenvalue weighted by atomic mass is 79.9.